The van der Waals surface area contributed by atoms with E-state index in [2.05, 4.69) is 20.8 Å². The number of nitrogens with one attached hydrogen (secondary N) is 2. The normalized spacial score (nSPS) is 14.6. The minimum absolute atomic E-state index is 0.0203. The van der Waals surface area contributed by atoms with Crippen molar-refractivity contribution in [2.24, 2.45) is 11.1 Å². The average molecular weight is 541 g/mol. The number of hydrogen-bond donors (Lipinski definition) is 2. The van der Waals surface area contributed by atoms with Crippen molar-refractivity contribution in [1.29, 1.82) is 0 Å². The minimum Gasteiger partial charge on any atom is -0.391 e. The molecule has 1 aromatic heterocycles. The van der Waals surface area contributed by atoms with Gasteiger partial charge in [-0.05, 0) is 54.2 Å². The molecule has 4 rings (SSSR count). The molecule has 1 saturated heterocycles. The van der Waals surface area contributed by atoms with Crippen molar-refractivity contribution in [2.45, 2.75) is 32.0 Å². The van der Waals surface area contributed by atoms with E-state index in [0.29, 0.717) is 36.0 Å². The molecule has 2 N–H and O–H groups in total. The number of rotatable bonds is 11. The molecule has 39 heavy (non-hydrogen) atoms. The minimum atomic E-state index is -4.39. The molecule has 0 saturated carbocycles. The van der Waals surface area contributed by atoms with Crippen LogP contribution in [0.3, 0.4) is 0 Å². The number of benzene rings is 2. The van der Waals surface area contributed by atoms with E-state index in [0.717, 1.165) is 49.3 Å². The lowest BCUT2D eigenvalue weighted by Crippen LogP contribution is -2.35. The first-order valence-electron chi connectivity index (χ1n) is 12.8. The van der Waals surface area contributed by atoms with Crippen LogP contribution in [0.4, 0.5) is 19.0 Å². The fourth-order valence-corrected chi connectivity index (χ4v) is 4.06. The molecule has 2 aromatic carbocycles. The van der Waals surface area contributed by atoms with Gasteiger partial charge in [-0.15, -0.1) is 0 Å². The summed E-state index contributed by atoms with van der Waals surface area (Å²) in [5.41, 5.74) is 2.20. The van der Waals surface area contributed by atoms with E-state index >= 15 is 0 Å². The molecule has 1 aliphatic rings. The number of anilines is 1. The number of pyridine rings is 1. The monoisotopic (exact) mass is 540 g/mol. The summed E-state index contributed by atoms with van der Waals surface area (Å²) in [6.45, 7) is 2.25. The lowest BCUT2D eigenvalue weighted by molar-refractivity contribution is -0.137. The zero-order valence-electron chi connectivity index (χ0n) is 21.4. The summed E-state index contributed by atoms with van der Waals surface area (Å²) in [6, 6.07) is 18.1. The van der Waals surface area contributed by atoms with Gasteiger partial charge in [0.1, 0.15) is 12.4 Å². The van der Waals surface area contributed by atoms with Gasteiger partial charge in [0.2, 0.25) is 5.91 Å². The summed E-state index contributed by atoms with van der Waals surface area (Å²) in [4.78, 5) is 22.2. The molecule has 1 amide bonds. The van der Waals surface area contributed by atoms with Crippen LogP contribution in [0, 0.1) is 5.92 Å². The molecule has 206 valence electrons. The highest BCUT2D eigenvalue weighted by atomic mass is 19.4. The van der Waals surface area contributed by atoms with Crippen molar-refractivity contribution in [3.05, 3.63) is 95.2 Å². The van der Waals surface area contributed by atoms with Crippen LogP contribution in [-0.4, -0.2) is 42.9 Å². The van der Waals surface area contributed by atoms with E-state index < -0.39 is 11.7 Å². The van der Waals surface area contributed by atoms with Gasteiger partial charge in [-0.1, -0.05) is 47.6 Å². The molecule has 0 spiro atoms. The number of amides is 1. The van der Waals surface area contributed by atoms with Gasteiger partial charge < -0.3 is 20.2 Å². The van der Waals surface area contributed by atoms with Crippen molar-refractivity contribution in [3.8, 4) is 0 Å². The summed E-state index contributed by atoms with van der Waals surface area (Å²) in [5.74, 6) is 0.893. The molecule has 2 heterocycles. The van der Waals surface area contributed by atoms with Crippen LogP contribution < -0.4 is 10.6 Å². The Hall–Kier alpha value is -3.92. The maximum atomic E-state index is 12.8. The van der Waals surface area contributed by atoms with Crippen LogP contribution in [0.1, 0.15) is 35.1 Å². The predicted molar refractivity (Wildman–Crippen MR) is 142 cm³/mol. The molecule has 0 bridgehead atoms. The SMILES string of the molecule is O=C(CNc1ccc(/C(Cc2ccccc2)=N/OCc2ccc(C(F)(F)F)cc2)cn1)NCC1CCOCC1. The maximum Gasteiger partial charge on any atom is 0.416 e. The summed E-state index contributed by atoms with van der Waals surface area (Å²) in [6.07, 6.45) is -0.360. The molecule has 7 nitrogen and oxygen atoms in total. The maximum absolute atomic E-state index is 12.8. The lowest BCUT2D eigenvalue weighted by atomic mass is 10.0. The third-order valence-electron chi connectivity index (χ3n) is 6.36. The van der Waals surface area contributed by atoms with Gasteiger partial charge in [0, 0.05) is 37.9 Å². The molecule has 0 aliphatic carbocycles. The molecular weight excluding hydrogens is 509 g/mol. The largest absolute Gasteiger partial charge is 0.416 e. The van der Waals surface area contributed by atoms with E-state index in [-0.39, 0.29) is 19.1 Å². The average Bonchev–Trinajstić information content (AvgIpc) is 2.96. The zero-order chi connectivity index (χ0) is 27.5. The van der Waals surface area contributed by atoms with Gasteiger partial charge in [-0.3, -0.25) is 4.79 Å². The van der Waals surface area contributed by atoms with Crippen molar-refractivity contribution < 1.29 is 27.5 Å². The van der Waals surface area contributed by atoms with Gasteiger partial charge in [0.15, 0.2) is 0 Å². The number of carbonyl (C=O) groups is 1. The number of aromatic nitrogens is 1. The first kappa shape index (κ1) is 28.1. The Morgan fingerprint density at radius 1 is 1.00 bits per heavy atom. The zero-order valence-corrected chi connectivity index (χ0v) is 21.4. The predicted octanol–water partition coefficient (Wildman–Crippen LogP) is 5.22. The highest BCUT2D eigenvalue weighted by Gasteiger charge is 2.29. The van der Waals surface area contributed by atoms with E-state index in [4.69, 9.17) is 9.57 Å². The van der Waals surface area contributed by atoms with Crippen molar-refractivity contribution in [1.82, 2.24) is 10.3 Å². The van der Waals surface area contributed by atoms with E-state index in [1.807, 2.05) is 36.4 Å². The van der Waals surface area contributed by atoms with E-state index in [1.54, 1.807) is 12.3 Å². The van der Waals surface area contributed by atoms with E-state index in [9.17, 15) is 18.0 Å². The van der Waals surface area contributed by atoms with Gasteiger partial charge in [-0.2, -0.15) is 13.2 Å². The van der Waals surface area contributed by atoms with Crippen molar-refractivity contribution >= 4 is 17.4 Å². The van der Waals surface area contributed by atoms with E-state index in [1.165, 1.54) is 12.1 Å². The fourth-order valence-electron chi connectivity index (χ4n) is 4.06. The number of ether oxygens (including phenoxy) is 1. The number of hydrogen-bond acceptors (Lipinski definition) is 6. The van der Waals surface area contributed by atoms with Crippen molar-refractivity contribution in [2.75, 3.05) is 31.6 Å². The number of alkyl halides is 3. The fraction of sp³-hybridized carbons (Fsp3) is 0.345. The molecule has 10 heteroatoms. The van der Waals surface area contributed by atoms with Gasteiger partial charge in [0.05, 0.1) is 17.8 Å². The Balaban J connectivity index is 1.35. The highest BCUT2D eigenvalue weighted by molar-refractivity contribution is 6.01. The Morgan fingerprint density at radius 2 is 1.74 bits per heavy atom. The lowest BCUT2D eigenvalue weighted by Gasteiger charge is -2.22. The quantitative estimate of drug-likeness (QED) is 0.257. The number of oxime groups is 1. The van der Waals surface area contributed by atoms with Crippen LogP contribution in [0.5, 0.6) is 0 Å². The highest BCUT2D eigenvalue weighted by Crippen LogP contribution is 2.29. The van der Waals surface area contributed by atoms with Gasteiger partial charge in [0.25, 0.3) is 0 Å². The molecule has 0 atom stereocenters. The topological polar surface area (TPSA) is 84.8 Å². The Labute approximate surface area is 225 Å². The third kappa shape index (κ3) is 9.10. The molecule has 1 fully saturated rings. The molecule has 0 radical (unpaired) electrons. The van der Waals surface area contributed by atoms with Gasteiger partial charge >= 0.3 is 6.18 Å². The second-order valence-electron chi connectivity index (χ2n) is 9.31. The first-order valence-corrected chi connectivity index (χ1v) is 12.8. The summed E-state index contributed by atoms with van der Waals surface area (Å²) in [5, 5.41) is 10.3. The second-order valence-corrected chi connectivity index (χ2v) is 9.31. The number of carbonyl (C=O) groups excluding carboxylic acids is 1. The number of nitrogens with zero attached hydrogens (tertiary/aromatic N) is 2. The Bertz CT molecular complexity index is 1210. The van der Waals surface area contributed by atoms with Crippen LogP contribution in [0.25, 0.3) is 0 Å². The third-order valence-corrected chi connectivity index (χ3v) is 6.36. The summed E-state index contributed by atoms with van der Waals surface area (Å²) in [7, 11) is 0. The summed E-state index contributed by atoms with van der Waals surface area (Å²) >= 11 is 0. The van der Waals surface area contributed by atoms with Crippen LogP contribution in [0.15, 0.2) is 78.1 Å². The Morgan fingerprint density at radius 3 is 2.41 bits per heavy atom. The molecule has 1 aliphatic heterocycles. The number of halogens is 3. The molecule has 3 aromatic rings. The smallest absolute Gasteiger partial charge is 0.391 e. The molecule has 0 unspecified atom stereocenters. The van der Waals surface area contributed by atoms with Crippen LogP contribution in [0.2, 0.25) is 0 Å². The van der Waals surface area contributed by atoms with Crippen molar-refractivity contribution in [3.63, 3.8) is 0 Å². The van der Waals surface area contributed by atoms with Gasteiger partial charge in [-0.25, -0.2) is 4.98 Å². The van der Waals surface area contributed by atoms with Crippen LogP contribution in [-0.2, 0) is 33.6 Å². The Kier molecular flexibility index (Phi) is 9.91. The summed E-state index contributed by atoms with van der Waals surface area (Å²) < 4.78 is 43.8. The first-order chi connectivity index (χ1) is 18.9. The molecular formula is C29H31F3N4O3. The second kappa shape index (κ2) is 13.7. The van der Waals surface area contributed by atoms with Crippen LogP contribution >= 0.6 is 0 Å². The standard InChI is InChI=1S/C29H31F3N4O3/c30-29(31,32)25-9-6-23(7-10-25)20-39-36-26(16-21-4-2-1-3-5-21)24-8-11-27(33-18-24)34-19-28(37)35-17-22-12-14-38-15-13-22/h1-11,18,22H,12-17,19-20H2,(H,33,34)(H,35,37)/b36-26+.